The predicted molar refractivity (Wildman–Crippen MR) is 62.2 cm³/mol. The third kappa shape index (κ3) is 3.90. The first-order chi connectivity index (χ1) is 8.19. The van der Waals surface area contributed by atoms with E-state index < -0.39 is 18.0 Å². The van der Waals surface area contributed by atoms with E-state index in [0.29, 0.717) is 5.56 Å². The lowest BCUT2D eigenvalue weighted by molar-refractivity contribution is -0.168. The van der Waals surface area contributed by atoms with Gasteiger partial charge < -0.3 is 9.47 Å². The van der Waals surface area contributed by atoms with Gasteiger partial charge in [0.15, 0.2) is 0 Å². The Morgan fingerprint density at radius 3 is 2.35 bits per heavy atom. The summed E-state index contributed by atoms with van der Waals surface area (Å²) in [6.45, 7) is 3.64. The number of esters is 2. The third-order valence-corrected chi connectivity index (χ3v) is 2.14. The molecule has 1 aromatic carbocycles. The molecule has 0 fully saturated rings. The van der Waals surface area contributed by atoms with Crippen LogP contribution in [0.2, 0.25) is 0 Å². The normalized spacial score (nSPS) is 11.6. The molecule has 0 aromatic heterocycles. The third-order valence-electron chi connectivity index (χ3n) is 2.14. The summed E-state index contributed by atoms with van der Waals surface area (Å²) in [6, 6.07) is 8.84. The number of carbonyl (C=O) groups excluding carboxylic acids is 2. The number of ether oxygens (including phenoxy) is 2. The molecule has 0 unspecified atom stereocenters. The molecule has 0 N–H and O–H groups in total. The van der Waals surface area contributed by atoms with Crippen molar-refractivity contribution >= 4 is 11.9 Å². The Morgan fingerprint density at radius 2 is 1.82 bits per heavy atom. The second kappa shape index (κ2) is 6.68. The second-order valence-electron chi connectivity index (χ2n) is 3.39. The van der Waals surface area contributed by atoms with Crippen LogP contribution in [0.1, 0.15) is 31.9 Å². The molecule has 0 radical (unpaired) electrons. The number of hydrogen-bond donors (Lipinski definition) is 0. The molecule has 0 bridgehead atoms. The van der Waals surface area contributed by atoms with Crippen LogP contribution in [0.15, 0.2) is 30.3 Å². The van der Waals surface area contributed by atoms with Crippen LogP contribution in [0.4, 0.5) is 0 Å². The van der Waals surface area contributed by atoms with Gasteiger partial charge in [-0.15, -0.1) is 0 Å². The molecular formula is C13H16O4. The predicted octanol–water partition coefficient (Wildman–Crippen LogP) is 2.24. The van der Waals surface area contributed by atoms with E-state index in [4.69, 9.17) is 9.47 Å². The van der Waals surface area contributed by atoms with E-state index in [1.54, 1.807) is 38.1 Å². The van der Waals surface area contributed by atoms with E-state index in [2.05, 4.69) is 0 Å². The van der Waals surface area contributed by atoms with Crippen LogP contribution in [0.5, 0.6) is 0 Å². The van der Waals surface area contributed by atoms with Crippen LogP contribution < -0.4 is 0 Å². The molecule has 92 valence electrons. The van der Waals surface area contributed by atoms with Crippen LogP contribution in [0, 0.1) is 0 Å². The first kappa shape index (κ1) is 13.2. The van der Waals surface area contributed by atoms with Crippen molar-refractivity contribution in [3.63, 3.8) is 0 Å². The molecule has 1 aromatic rings. The quantitative estimate of drug-likeness (QED) is 0.736. The number of rotatable bonds is 5. The highest BCUT2D eigenvalue weighted by molar-refractivity contribution is 5.80. The van der Waals surface area contributed by atoms with Gasteiger partial charge in [-0.05, 0) is 6.92 Å². The molecule has 0 aliphatic rings. The zero-order valence-electron chi connectivity index (χ0n) is 10.0. The number of benzene rings is 1. The standard InChI is InChI=1S/C13H16O4/c1-3-11(14)17-12(13(15)16-4-2)10-8-6-5-7-9-10/h5-9,12H,3-4H2,1-2H3/t12-/m0/s1. The zero-order chi connectivity index (χ0) is 12.7. The van der Waals surface area contributed by atoms with E-state index in [1.807, 2.05) is 6.07 Å². The molecule has 4 heteroatoms. The van der Waals surface area contributed by atoms with E-state index in [1.165, 1.54) is 0 Å². The Kier molecular flexibility index (Phi) is 5.20. The molecule has 0 aliphatic heterocycles. The van der Waals surface area contributed by atoms with Crippen molar-refractivity contribution in [3.05, 3.63) is 35.9 Å². The fraction of sp³-hybridized carbons (Fsp3) is 0.385. The van der Waals surface area contributed by atoms with Gasteiger partial charge in [0.05, 0.1) is 6.61 Å². The Balaban J connectivity index is 2.86. The minimum atomic E-state index is -0.969. The lowest BCUT2D eigenvalue weighted by atomic mass is 10.1. The molecule has 4 nitrogen and oxygen atoms in total. The summed E-state index contributed by atoms with van der Waals surface area (Å²) in [4.78, 5) is 23.0. The smallest absolute Gasteiger partial charge is 0.352 e. The van der Waals surface area contributed by atoms with Crippen molar-refractivity contribution in [1.29, 1.82) is 0 Å². The second-order valence-corrected chi connectivity index (χ2v) is 3.39. The Labute approximate surface area is 101 Å². The van der Waals surface area contributed by atoms with E-state index in [-0.39, 0.29) is 13.0 Å². The molecular weight excluding hydrogens is 220 g/mol. The minimum absolute atomic E-state index is 0.225. The maximum Gasteiger partial charge on any atom is 0.352 e. The highest BCUT2D eigenvalue weighted by Gasteiger charge is 2.25. The first-order valence-corrected chi connectivity index (χ1v) is 5.60. The summed E-state index contributed by atoms with van der Waals surface area (Å²) in [6.07, 6.45) is -0.744. The lowest BCUT2D eigenvalue weighted by Gasteiger charge is -2.16. The fourth-order valence-corrected chi connectivity index (χ4v) is 1.31. The van der Waals surface area contributed by atoms with E-state index in [9.17, 15) is 9.59 Å². The van der Waals surface area contributed by atoms with E-state index >= 15 is 0 Å². The van der Waals surface area contributed by atoms with Gasteiger partial charge in [0, 0.05) is 12.0 Å². The number of carbonyl (C=O) groups is 2. The Hall–Kier alpha value is -1.84. The molecule has 0 heterocycles. The van der Waals surface area contributed by atoms with Crippen LogP contribution in [-0.4, -0.2) is 18.5 Å². The molecule has 0 spiro atoms. The van der Waals surface area contributed by atoms with Crippen LogP contribution in [0.3, 0.4) is 0 Å². The molecule has 0 amide bonds. The van der Waals surface area contributed by atoms with Gasteiger partial charge in [0.1, 0.15) is 0 Å². The largest absolute Gasteiger partial charge is 0.463 e. The van der Waals surface area contributed by atoms with Gasteiger partial charge in [-0.1, -0.05) is 37.3 Å². The van der Waals surface area contributed by atoms with Gasteiger partial charge in [-0.2, -0.15) is 0 Å². The monoisotopic (exact) mass is 236 g/mol. The molecule has 17 heavy (non-hydrogen) atoms. The van der Waals surface area contributed by atoms with Gasteiger partial charge >= 0.3 is 11.9 Å². The summed E-state index contributed by atoms with van der Waals surface area (Å²) in [7, 11) is 0. The molecule has 1 atom stereocenters. The van der Waals surface area contributed by atoms with Crippen LogP contribution >= 0.6 is 0 Å². The Bertz CT molecular complexity index is 372. The van der Waals surface area contributed by atoms with Crippen LogP contribution in [-0.2, 0) is 19.1 Å². The summed E-state index contributed by atoms with van der Waals surface area (Å²) in [5, 5.41) is 0. The summed E-state index contributed by atoms with van der Waals surface area (Å²) in [5.41, 5.74) is 0.618. The van der Waals surface area contributed by atoms with Crippen molar-refractivity contribution in [2.24, 2.45) is 0 Å². The highest BCUT2D eigenvalue weighted by Crippen LogP contribution is 2.19. The van der Waals surface area contributed by atoms with Gasteiger partial charge in [-0.3, -0.25) is 4.79 Å². The number of hydrogen-bond acceptors (Lipinski definition) is 4. The summed E-state index contributed by atoms with van der Waals surface area (Å²) in [5.74, 6) is -0.965. The lowest BCUT2D eigenvalue weighted by Crippen LogP contribution is -2.21. The van der Waals surface area contributed by atoms with Crippen molar-refractivity contribution in [2.75, 3.05) is 6.61 Å². The zero-order valence-corrected chi connectivity index (χ0v) is 10.0. The average Bonchev–Trinajstić information content (AvgIpc) is 2.36. The molecule has 0 aliphatic carbocycles. The Morgan fingerprint density at radius 1 is 1.18 bits per heavy atom. The first-order valence-electron chi connectivity index (χ1n) is 5.60. The van der Waals surface area contributed by atoms with Crippen molar-refractivity contribution in [3.8, 4) is 0 Å². The fourth-order valence-electron chi connectivity index (χ4n) is 1.31. The SMILES string of the molecule is CCOC(=O)[C@@H](OC(=O)CC)c1ccccc1. The molecule has 1 rings (SSSR count). The van der Waals surface area contributed by atoms with Gasteiger partial charge in [0.25, 0.3) is 0 Å². The molecule has 0 saturated carbocycles. The van der Waals surface area contributed by atoms with E-state index in [0.717, 1.165) is 0 Å². The average molecular weight is 236 g/mol. The minimum Gasteiger partial charge on any atom is -0.463 e. The summed E-state index contributed by atoms with van der Waals surface area (Å²) >= 11 is 0. The van der Waals surface area contributed by atoms with Crippen molar-refractivity contribution in [2.45, 2.75) is 26.4 Å². The van der Waals surface area contributed by atoms with Crippen LogP contribution in [0.25, 0.3) is 0 Å². The highest BCUT2D eigenvalue weighted by atomic mass is 16.6. The topological polar surface area (TPSA) is 52.6 Å². The van der Waals surface area contributed by atoms with Gasteiger partial charge in [0.2, 0.25) is 6.10 Å². The van der Waals surface area contributed by atoms with Gasteiger partial charge in [-0.25, -0.2) is 4.79 Å². The summed E-state index contributed by atoms with van der Waals surface area (Å²) < 4.78 is 9.97. The van der Waals surface area contributed by atoms with Crippen molar-refractivity contribution < 1.29 is 19.1 Å². The molecule has 0 saturated heterocycles. The maximum atomic E-state index is 11.7. The van der Waals surface area contributed by atoms with Crippen molar-refractivity contribution in [1.82, 2.24) is 0 Å². The maximum absolute atomic E-state index is 11.7.